The summed E-state index contributed by atoms with van der Waals surface area (Å²) in [5, 5.41) is 3.43. The van der Waals surface area contributed by atoms with Gasteiger partial charge >= 0.3 is 0 Å². The van der Waals surface area contributed by atoms with Crippen molar-refractivity contribution < 1.29 is 4.74 Å². The summed E-state index contributed by atoms with van der Waals surface area (Å²) >= 11 is 0. The van der Waals surface area contributed by atoms with Gasteiger partial charge in [-0.25, -0.2) is 0 Å². The van der Waals surface area contributed by atoms with Crippen LogP contribution in [0.2, 0.25) is 0 Å². The second-order valence-corrected chi connectivity index (χ2v) is 6.27. The molecule has 2 nitrogen and oxygen atoms in total. The lowest BCUT2D eigenvalue weighted by molar-refractivity contribution is -0.0620. The molecular formula is C17H31NO. The third-order valence-corrected chi connectivity index (χ3v) is 4.58. The standard InChI is InChI=1S/C17H31NO/c1-2-14-18-15-8-3-5-9-16-10-13-17(19-16)11-6-4-7-12-17/h3,5,16,18H,2,4,6-15H2,1H3/b5-3+. The van der Waals surface area contributed by atoms with Gasteiger partial charge in [-0.15, -0.1) is 0 Å². The van der Waals surface area contributed by atoms with Crippen LogP contribution in [0.3, 0.4) is 0 Å². The van der Waals surface area contributed by atoms with Gasteiger partial charge in [0, 0.05) is 0 Å². The maximum absolute atomic E-state index is 6.37. The van der Waals surface area contributed by atoms with Gasteiger partial charge in [0.15, 0.2) is 0 Å². The van der Waals surface area contributed by atoms with E-state index in [2.05, 4.69) is 24.4 Å². The number of nitrogens with one attached hydrogen (secondary N) is 1. The van der Waals surface area contributed by atoms with Gasteiger partial charge in [-0.05, 0) is 58.0 Å². The Hall–Kier alpha value is -0.340. The Kier molecular flexibility index (Phi) is 6.39. The van der Waals surface area contributed by atoms with Gasteiger partial charge in [0.1, 0.15) is 0 Å². The third-order valence-electron chi connectivity index (χ3n) is 4.58. The van der Waals surface area contributed by atoms with Crippen molar-refractivity contribution in [2.24, 2.45) is 0 Å². The Morgan fingerprint density at radius 3 is 2.74 bits per heavy atom. The van der Waals surface area contributed by atoms with Gasteiger partial charge in [0.2, 0.25) is 0 Å². The number of rotatable bonds is 7. The van der Waals surface area contributed by atoms with Gasteiger partial charge in [-0.3, -0.25) is 0 Å². The first-order chi connectivity index (χ1) is 9.35. The van der Waals surface area contributed by atoms with Gasteiger partial charge in [-0.2, -0.15) is 0 Å². The first kappa shape index (κ1) is 15.1. The summed E-state index contributed by atoms with van der Waals surface area (Å²) in [4.78, 5) is 0. The van der Waals surface area contributed by atoms with Crippen molar-refractivity contribution in [3.63, 3.8) is 0 Å². The average molecular weight is 265 g/mol. The molecule has 0 radical (unpaired) electrons. The zero-order chi connectivity index (χ0) is 13.4. The first-order valence-corrected chi connectivity index (χ1v) is 8.38. The molecule has 1 heterocycles. The molecule has 0 bridgehead atoms. The minimum absolute atomic E-state index is 0.291. The highest BCUT2D eigenvalue weighted by Crippen LogP contribution is 2.42. The Bertz CT molecular complexity index is 268. The Labute approximate surface area is 119 Å². The Morgan fingerprint density at radius 1 is 1.11 bits per heavy atom. The zero-order valence-electron chi connectivity index (χ0n) is 12.6. The maximum Gasteiger partial charge on any atom is 0.0687 e. The number of ether oxygens (including phenoxy) is 1. The maximum atomic E-state index is 6.37. The first-order valence-electron chi connectivity index (χ1n) is 8.38. The van der Waals surface area contributed by atoms with Crippen LogP contribution in [0.1, 0.15) is 71.1 Å². The highest BCUT2D eigenvalue weighted by molar-refractivity contribution is 4.94. The van der Waals surface area contributed by atoms with Crippen LogP contribution in [-0.4, -0.2) is 24.8 Å². The van der Waals surface area contributed by atoms with Gasteiger partial charge in [0.25, 0.3) is 0 Å². The van der Waals surface area contributed by atoms with E-state index in [4.69, 9.17) is 4.74 Å². The van der Waals surface area contributed by atoms with E-state index in [0.29, 0.717) is 11.7 Å². The van der Waals surface area contributed by atoms with Crippen LogP contribution < -0.4 is 5.32 Å². The molecule has 1 aliphatic carbocycles. The third kappa shape index (κ3) is 4.92. The van der Waals surface area contributed by atoms with Crippen LogP contribution in [-0.2, 0) is 4.74 Å². The Balaban J connectivity index is 1.58. The molecule has 2 aliphatic rings. The fourth-order valence-corrected chi connectivity index (χ4v) is 3.48. The summed E-state index contributed by atoms with van der Waals surface area (Å²) in [5.74, 6) is 0. The van der Waals surface area contributed by atoms with E-state index < -0.39 is 0 Å². The lowest BCUT2D eigenvalue weighted by Gasteiger charge is -2.33. The fraction of sp³-hybridized carbons (Fsp3) is 0.882. The van der Waals surface area contributed by atoms with Gasteiger partial charge in [-0.1, -0.05) is 38.3 Å². The fourth-order valence-electron chi connectivity index (χ4n) is 3.48. The van der Waals surface area contributed by atoms with E-state index >= 15 is 0 Å². The smallest absolute Gasteiger partial charge is 0.0687 e. The minimum atomic E-state index is 0.291. The van der Waals surface area contributed by atoms with Crippen molar-refractivity contribution in [1.29, 1.82) is 0 Å². The van der Waals surface area contributed by atoms with Crippen molar-refractivity contribution in [2.75, 3.05) is 13.1 Å². The largest absolute Gasteiger partial charge is 0.371 e. The van der Waals surface area contributed by atoms with Crippen molar-refractivity contribution in [3.8, 4) is 0 Å². The van der Waals surface area contributed by atoms with Crippen molar-refractivity contribution >= 4 is 0 Å². The quantitative estimate of drug-likeness (QED) is 0.550. The molecule has 1 unspecified atom stereocenters. The summed E-state index contributed by atoms with van der Waals surface area (Å²) < 4.78 is 6.37. The lowest BCUT2D eigenvalue weighted by Crippen LogP contribution is -2.31. The predicted molar refractivity (Wildman–Crippen MR) is 81.5 cm³/mol. The van der Waals surface area contributed by atoms with E-state index in [1.54, 1.807) is 0 Å². The molecule has 1 N–H and O–H groups in total. The topological polar surface area (TPSA) is 21.3 Å². The predicted octanol–water partition coefficient (Wildman–Crippen LogP) is 4.20. The Morgan fingerprint density at radius 2 is 1.95 bits per heavy atom. The molecule has 0 aromatic rings. The van der Waals surface area contributed by atoms with E-state index in [1.807, 2.05) is 0 Å². The molecule has 19 heavy (non-hydrogen) atoms. The molecule has 1 saturated carbocycles. The molecule has 2 heteroatoms. The van der Waals surface area contributed by atoms with E-state index in [-0.39, 0.29) is 0 Å². The van der Waals surface area contributed by atoms with Crippen LogP contribution >= 0.6 is 0 Å². The van der Waals surface area contributed by atoms with Crippen LogP contribution in [0.5, 0.6) is 0 Å². The molecular weight excluding hydrogens is 234 g/mol. The van der Waals surface area contributed by atoms with Crippen LogP contribution in [0.25, 0.3) is 0 Å². The summed E-state index contributed by atoms with van der Waals surface area (Å²) in [6, 6.07) is 0. The molecule has 1 spiro atoms. The molecule has 0 aromatic carbocycles. The monoisotopic (exact) mass is 265 g/mol. The second-order valence-electron chi connectivity index (χ2n) is 6.27. The number of hydrogen-bond acceptors (Lipinski definition) is 2. The molecule has 110 valence electrons. The molecule has 1 aliphatic heterocycles. The normalized spacial score (nSPS) is 26.5. The highest BCUT2D eigenvalue weighted by atomic mass is 16.5. The zero-order valence-corrected chi connectivity index (χ0v) is 12.6. The minimum Gasteiger partial charge on any atom is -0.371 e. The van der Waals surface area contributed by atoms with E-state index in [0.717, 1.165) is 25.9 Å². The molecule has 2 fully saturated rings. The average Bonchev–Trinajstić information content (AvgIpc) is 2.81. The van der Waals surface area contributed by atoms with Crippen molar-refractivity contribution in [2.45, 2.75) is 82.8 Å². The molecule has 1 saturated heterocycles. The van der Waals surface area contributed by atoms with E-state index in [1.165, 1.54) is 51.4 Å². The molecule has 0 amide bonds. The molecule has 1 atom stereocenters. The summed E-state index contributed by atoms with van der Waals surface area (Å²) in [6.07, 6.45) is 18.0. The molecule has 0 aromatic heterocycles. The van der Waals surface area contributed by atoms with Gasteiger partial charge < -0.3 is 10.1 Å². The SMILES string of the molecule is CCCNCC/C=C/CC1CCC2(CCCCC2)O1. The van der Waals surface area contributed by atoms with Crippen LogP contribution in [0.4, 0.5) is 0 Å². The lowest BCUT2D eigenvalue weighted by atomic mass is 9.83. The van der Waals surface area contributed by atoms with Crippen molar-refractivity contribution in [1.82, 2.24) is 5.32 Å². The van der Waals surface area contributed by atoms with Crippen LogP contribution in [0.15, 0.2) is 12.2 Å². The van der Waals surface area contributed by atoms with Gasteiger partial charge in [0.05, 0.1) is 11.7 Å². The second kappa shape index (κ2) is 8.06. The van der Waals surface area contributed by atoms with Crippen LogP contribution in [0, 0.1) is 0 Å². The summed E-state index contributed by atoms with van der Waals surface area (Å²) in [7, 11) is 0. The molecule has 2 rings (SSSR count). The summed E-state index contributed by atoms with van der Waals surface area (Å²) in [6.45, 7) is 4.46. The van der Waals surface area contributed by atoms with Crippen molar-refractivity contribution in [3.05, 3.63) is 12.2 Å². The van der Waals surface area contributed by atoms with E-state index in [9.17, 15) is 0 Å². The summed E-state index contributed by atoms with van der Waals surface area (Å²) in [5.41, 5.74) is 0.291. The number of hydrogen-bond donors (Lipinski definition) is 1. The highest BCUT2D eigenvalue weighted by Gasteiger charge is 2.40.